The van der Waals surface area contributed by atoms with Gasteiger partial charge in [-0.3, -0.25) is 4.79 Å². The number of anilines is 1. The van der Waals surface area contributed by atoms with Gasteiger partial charge in [0.15, 0.2) is 0 Å². The summed E-state index contributed by atoms with van der Waals surface area (Å²) in [6.07, 6.45) is 1.78. The Hall–Kier alpha value is -1.66. The smallest absolute Gasteiger partial charge is 0.272 e. The largest absolute Gasteiger partial charge is 0.383 e. The number of carbonyl (C=O) groups is 1. The highest BCUT2D eigenvalue weighted by Crippen LogP contribution is 2.20. The molecule has 0 saturated heterocycles. The summed E-state index contributed by atoms with van der Waals surface area (Å²) in [4.78, 5) is 12.1. The number of benzene rings is 1. The number of methoxy groups -OCH3 is 1. The van der Waals surface area contributed by atoms with Gasteiger partial charge in [0.2, 0.25) is 0 Å². The van der Waals surface area contributed by atoms with Gasteiger partial charge in [-0.2, -0.15) is 0 Å². The van der Waals surface area contributed by atoms with E-state index in [9.17, 15) is 9.18 Å². The first-order chi connectivity index (χ1) is 9.61. The van der Waals surface area contributed by atoms with Crippen LogP contribution in [0, 0.1) is 5.82 Å². The van der Waals surface area contributed by atoms with Gasteiger partial charge in [0.05, 0.1) is 12.3 Å². The SMILES string of the molecule is COCCn1cccc1C(=O)Nc1ccc(Br)cc1F. The Balaban J connectivity index is 2.14. The molecule has 0 aliphatic carbocycles. The number of hydrogen-bond acceptors (Lipinski definition) is 2. The van der Waals surface area contributed by atoms with Gasteiger partial charge >= 0.3 is 0 Å². The fourth-order valence-corrected chi connectivity index (χ4v) is 2.12. The third kappa shape index (κ3) is 3.46. The van der Waals surface area contributed by atoms with Gasteiger partial charge < -0.3 is 14.6 Å². The number of carbonyl (C=O) groups excluding carboxylic acids is 1. The highest BCUT2D eigenvalue weighted by atomic mass is 79.9. The normalized spacial score (nSPS) is 10.6. The van der Waals surface area contributed by atoms with Gasteiger partial charge in [-0.15, -0.1) is 0 Å². The molecule has 1 heterocycles. The van der Waals surface area contributed by atoms with Crippen molar-refractivity contribution in [3.05, 3.63) is 52.5 Å². The average Bonchev–Trinajstić information content (AvgIpc) is 2.88. The monoisotopic (exact) mass is 340 g/mol. The van der Waals surface area contributed by atoms with Gasteiger partial charge in [0.25, 0.3) is 5.91 Å². The van der Waals surface area contributed by atoms with Gasteiger partial charge in [0, 0.05) is 24.3 Å². The van der Waals surface area contributed by atoms with Gasteiger partial charge in [-0.05, 0) is 30.3 Å². The van der Waals surface area contributed by atoms with E-state index in [1.165, 1.54) is 12.1 Å². The van der Waals surface area contributed by atoms with E-state index in [-0.39, 0.29) is 11.6 Å². The second kappa shape index (κ2) is 6.67. The van der Waals surface area contributed by atoms with Crippen LogP contribution in [0.1, 0.15) is 10.5 Å². The highest BCUT2D eigenvalue weighted by Gasteiger charge is 2.13. The molecular weight excluding hydrogens is 327 g/mol. The Bertz CT molecular complexity index is 613. The number of rotatable bonds is 5. The van der Waals surface area contributed by atoms with Crippen LogP contribution < -0.4 is 5.32 Å². The lowest BCUT2D eigenvalue weighted by atomic mass is 10.3. The molecule has 2 rings (SSSR count). The van der Waals surface area contributed by atoms with Crippen molar-refractivity contribution in [1.82, 2.24) is 4.57 Å². The summed E-state index contributed by atoms with van der Waals surface area (Å²) in [6.45, 7) is 1.07. The number of amides is 1. The van der Waals surface area contributed by atoms with Crippen molar-refractivity contribution in [3.8, 4) is 0 Å². The number of nitrogens with zero attached hydrogens (tertiary/aromatic N) is 1. The molecule has 0 aliphatic heterocycles. The molecule has 0 saturated carbocycles. The minimum atomic E-state index is -0.484. The minimum Gasteiger partial charge on any atom is -0.383 e. The molecular formula is C14H14BrFN2O2. The zero-order valence-electron chi connectivity index (χ0n) is 10.9. The highest BCUT2D eigenvalue weighted by molar-refractivity contribution is 9.10. The zero-order chi connectivity index (χ0) is 14.5. The van der Waals surface area contributed by atoms with Crippen molar-refractivity contribution in [2.75, 3.05) is 19.0 Å². The Labute approximate surface area is 124 Å². The summed E-state index contributed by atoms with van der Waals surface area (Å²) < 4.78 is 21.0. The van der Waals surface area contributed by atoms with Crippen LogP contribution in [-0.2, 0) is 11.3 Å². The summed E-state index contributed by atoms with van der Waals surface area (Å²) in [6, 6.07) is 7.94. The summed E-state index contributed by atoms with van der Waals surface area (Å²) in [5.41, 5.74) is 0.613. The quantitative estimate of drug-likeness (QED) is 0.907. The van der Waals surface area contributed by atoms with Crippen molar-refractivity contribution in [3.63, 3.8) is 0 Å². The lowest BCUT2D eigenvalue weighted by Gasteiger charge is -2.10. The van der Waals surface area contributed by atoms with Crippen LogP contribution in [0.5, 0.6) is 0 Å². The van der Waals surface area contributed by atoms with Crippen LogP contribution in [0.4, 0.5) is 10.1 Å². The van der Waals surface area contributed by atoms with E-state index in [1.54, 1.807) is 36.1 Å². The number of halogens is 2. The van der Waals surface area contributed by atoms with Gasteiger partial charge in [-0.1, -0.05) is 15.9 Å². The molecule has 0 spiro atoms. The number of ether oxygens (including phenoxy) is 1. The van der Waals surface area contributed by atoms with Crippen LogP contribution in [0.3, 0.4) is 0 Å². The first-order valence-electron chi connectivity index (χ1n) is 6.02. The molecule has 0 radical (unpaired) electrons. The van der Waals surface area contributed by atoms with Gasteiger partial charge in [-0.25, -0.2) is 4.39 Å². The van der Waals surface area contributed by atoms with Crippen molar-refractivity contribution < 1.29 is 13.9 Å². The molecule has 20 heavy (non-hydrogen) atoms. The number of aromatic nitrogens is 1. The predicted molar refractivity (Wildman–Crippen MR) is 78.4 cm³/mol. The molecule has 4 nitrogen and oxygen atoms in total. The Morgan fingerprint density at radius 1 is 1.45 bits per heavy atom. The topological polar surface area (TPSA) is 43.3 Å². The molecule has 106 valence electrons. The second-order valence-electron chi connectivity index (χ2n) is 4.16. The van der Waals surface area contributed by atoms with E-state index in [1.807, 2.05) is 0 Å². The second-order valence-corrected chi connectivity index (χ2v) is 5.07. The predicted octanol–water partition coefficient (Wildman–Crippen LogP) is 3.29. The fraction of sp³-hybridized carbons (Fsp3) is 0.214. The molecule has 1 N–H and O–H groups in total. The molecule has 2 aromatic rings. The van der Waals surface area contributed by atoms with Crippen molar-refractivity contribution in [2.45, 2.75) is 6.54 Å². The first-order valence-corrected chi connectivity index (χ1v) is 6.81. The fourth-order valence-electron chi connectivity index (χ4n) is 1.78. The van der Waals surface area contributed by atoms with Gasteiger partial charge in [0.1, 0.15) is 11.5 Å². The third-order valence-electron chi connectivity index (χ3n) is 2.78. The van der Waals surface area contributed by atoms with E-state index < -0.39 is 5.82 Å². The van der Waals surface area contributed by atoms with Crippen molar-refractivity contribution in [1.29, 1.82) is 0 Å². The number of hydrogen-bond donors (Lipinski definition) is 1. The molecule has 1 aromatic carbocycles. The summed E-state index contributed by atoms with van der Waals surface area (Å²) >= 11 is 3.17. The first kappa shape index (κ1) is 14.7. The third-order valence-corrected chi connectivity index (χ3v) is 3.27. The minimum absolute atomic E-state index is 0.151. The van der Waals surface area contributed by atoms with E-state index in [4.69, 9.17) is 4.74 Å². The Kier molecular flexibility index (Phi) is 4.92. The molecule has 0 bridgehead atoms. The standard InChI is InChI=1S/C14H14BrFN2O2/c1-20-8-7-18-6-2-3-13(18)14(19)17-12-5-4-10(15)9-11(12)16/h2-6,9H,7-8H2,1H3,(H,17,19). The van der Waals surface area contributed by atoms with E-state index in [2.05, 4.69) is 21.2 Å². The summed E-state index contributed by atoms with van der Waals surface area (Å²) in [7, 11) is 1.60. The van der Waals surface area contributed by atoms with Crippen LogP contribution in [0.2, 0.25) is 0 Å². The van der Waals surface area contributed by atoms with E-state index in [0.717, 1.165) is 0 Å². The van der Waals surface area contributed by atoms with Crippen LogP contribution in [0.25, 0.3) is 0 Å². The molecule has 0 unspecified atom stereocenters. The molecule has 0 atom stereocenters. The van der Waals surface area contributed by atoms with Crippen LogP contribution in [0.15, 0.2) is 41.0 Å². The van der Waals surface area contributed by atoms with Crippen molar-refractivity contribution in [2.24, 2.45) is 0 Å². The Morgan fingerprint density at radius 2 is 2.25 bits per heavy atom. The summed E-state index contributed by atoms with van der Waals surface area (Å²) in [5, 5.41) is 2.56. The lowest BCUT2D eigenvalue weighted by molar-refractivity contribution is 0.101. The molecule has 1 aromatic heterocycles. The maximum atomic E-state index is 13.7. The van der Waals surface area contributed by atoms with Crippen molar-refractivity contribution >= 4 is 27.5 Å². The van der Waals surface area contributed by atoms with E-state index in [0.29, 0.717) is 23.3 Å². The summed E-state index contributed by atoms with van der Waals surface area (Å²) in [5.74, 6) is -0.838. The molecule has 0 fully saturated rings. The van der Waals surface area contributed by atoms with Crippen LogP contribution in [-0.4, -0.2) is 24.2 Å². The zero-order valence-corrected chi connectivity index (χ0v) is 12.5. The molecule has 1 amide bonds. The Morgan fingerprint density at radius 3 is 2.95 bits per heavy atom. The maximum absolute atomic E-state index is 13.7. The number of nitrogens with one attached hydrogen (secondary N) is 1. The average molecular weight is 341 g/mol. The maximum Gasteiger partial charge on any atom is 0.272 e. The van der Waals surface area contributed by atoms with E-state index >= 15 is 0 Å². The van der Waals surface area contributed by atoms with Crippen LogP contribution >= 0.6 is 15.9 Å². The molecule has 0 aliphatic rings. The molecule has 6 heteroatoms. The lowest BCUT2D eigenvalue weighted by Crippen LogP contribution is -2.18.